The van der Waals surface area contributed by atoms with E-state index in [4.69, 9.17) is 0 Å². The van der Waals surface area contributed by atoms with Crippen molar-refractivity contribution in [1.82, 2.24) is 9.97 Å². The topological polar surface area (TPSA) is 101 Å². The summed E-state index contributed by atoms with van der Waals surface area (Å²) in [6, 6.07) is 7.02. The molecule has 7 nitrogen and oxygen atoms in total. The predicted octanol–water partition coefficient (Wildman–Crippen LogP) is 3.18. The van der Waals surface area contributed by atoms with Gasteiger partial charge >= 0.3 is 0 Å². The van der Waals surface area contributed by atoms with E-state index in [1.807, 2.05) is 0 Å². The molecule has 10 heteroatoms. The van der Waals surface area contributed by atoms with E-state index < -0.39 is 21.7 Å². The fourth-order valence-corrected chi connectivity index (χ4v) is 3.41. The Morgan fingerprint density at radius 3 is 2.54 bits per heavy atom. The van der Waals surface area contributed by atoms with Crippen LogP contribution in [0.3, 0.4) is 0 Å². The Labute approximate surface area is 159 Å². The molecule has 0 bridgehead atoms. The minimum absolute atomic E-state index is 0.216. The summed E-state index contributed by atoms with van der Waals surface area (Å²) in [4.78, 5) is 18.9. The fraction of sp³-hybridized carbons (Fsp3) is 0.0556. The molecule has 28 heavy (non-hydrogen) atoms. The molecule has 2 aromatic heterocycles. The number of hydrogen-bond acceptors (Lipinski definition) is 5. The van der Waals surface area contributed by atoms with Gasteiger partial charge < -0.3 is 5.32 Å². The minimum atomic E-state index is -4.17. The van der Waals surface area contributed by atoms with Crippen LogP contribution in [0.25, 0.3) is 11.1 Å². The first-order valence-electron chi connectivity index (χ1n) is 7.91. The number of nitrogens with zero attached hydrogens (tertiary/aromatic N) is 2. The minimum Gasteiger partial charge on any atom is -0.311 e. The van der Waals surface area contributed by atoms with Gasteiger partial charge in [0.1, 0.15) is 22.3 Å². The van der Waals surface area contributed by atoms with Crippen LogP contribution in [0, 0.1) is 11.6 Å². The van der Waals surface area contributed by atoms with Crippen LogP contribution in [0.1, 0.15) is 6.92 Å². The lowest BCUT2D eigenvalue weighted by Crippen LogP contribution is -2.14. The third kappa shape index (κ3) is 4.46. The second-order valence-electron chi connectivity index (χ2n) is 5.75. The summed E-state index contributed by atoms with van der Waals surface area (Å²) in [5, 5.41) is 2.53. The first-order valence-corrected chi connectivity index (χ1v) is 9.40. The lowest BCUT2D eigenvalue weighted by molar-refractivity contribution is -0.114. The number of pyridine rings is 2. The van der Waals surface area contributed by atoms with Crippen LogP contribution in [0.5, 0.6) is 0 Å². The first-order chi connectivity index (χ1) is 13.2. The van der Waals surface area contributed by atoms with Gasteiger partial charge in [0.15, 0.2) is 0 Å². The van der Waals surface area contributed by atoms with E-state index in [1.54, 1.807) is 12.1 Å². The average molecular weight is 404 g/mol. The van der Waals surface area contributed by atoms with Gasteiger partial charge in [-0.1, -0.05) is 0 Å². The molecule has 144 valence electrons. The molecule has 2 heterocycles. The van der Waals surface area contributed by atoms with Crippen LogP contribution < -0.4 is 10.0 Å². The quantitative estimate of drug-likeness (QED) is 0.680. The molecule has 1 aromatic carbocycles. The summed E-state index contributed by atoms with van der Waals surface area (Å²) in [6.07, 6.45) is 3.99. The van der Waals surface area contributed by atoms with Gasteiger partial charge in [-0.15, -0.1) is 0 Å². The highest BCUT2D eigenvalue weighted by molar-refractivity contribution is 7.92. The Kier molecular flexibility index (Phi) is 5.32. The van der Waals surface area contributed by atoms with E-state index in [1.165, 1.54) is 25.4 Å². The largest absolute Gasteiger partial charge is 0.311 e. The lowest BCUT2D eigenvalue weighted by Gasteiger charge is -2.10. The number of aromatic nitrogens is 2. The molecule has 1 amide bonds. The van der Waals surface area contributed by atoms with Gasteiger partial charge in [0, 0.05) is 37.1 Å². The molecule has 0 fully saturated rings. The third-order valence-electron chi connectivity index (χ3n) is 3.60. The third-order valence-corrected chi connectivity index (χ3v) is 4.93. The smallest absolute Gasteiger partial charge is 0.263 e. The van der Waals surface area contributed by atoms with E-state index in [0.29, 0.717) is 23.0 Å². The maximum atomic E-state index is 13.8. The second-order valence-corrected chi connectivity index (χ2v) is 7.43. The number of halogens is 2. The number of anilines is 2. The number of carbonyl (C=O) groups is 1. The summed E-state index contributed by atoms with van der Waals surface area (Å²) in [6.45, 7) is 1.34. The van der Waals surface area contributed by atoms with E-state index >= 15 is 0 Å². The molecule has 0 spiro atoms. The van der Waals surface area contributed by atoms with Crippen LogP contribution in [-0.2, 0) is 14.8 Å². The average Bonchev–Trinajstić information content (AvgIpc) is 2.64. The van der Waals surface area contributed by atoms with Crippen molar-refractivity contribution < 1.29 is 22.0 Å². The lowest BCUT2D eigenvalue weighted by atomic mass is 10.1. The zero-order valence-electron chi connectivity index (χ0n) is 14.5. The summed E-state index contributed by atoms with van der Waals surface area (Å²) < 4.78 is 53.9. The van der Waals surface area contributed by atoms with Crippen LogP contribution >= 0.6 is 0 Å². The highest BCUT2D eigenvalue weighted by Gasteiger charge is 2.18. The normalized spacial score (nSPS) is 11.1. The standard InChI is InChI=1S/C18H14F2N4O3S/c1-11(25)23-18-7-12(4-5-22-18)13-6-15(10-21-9-13)28(26,27)24-17-3-2-14(19)8-16(17)20/h2-10,24H,1H3,(H,22,23,25). The Balaban J connectivity index is 1.93. The number of rotatable bonds is 5. The molecule has 0 aliphatic rings. The molecule has 0 unspecified atom stereocenters. The Hall–Kier alpha value is -3.40. The highest BCUT2D eigenvalue weighted by Crippen LogP contribution is 2.25. The van der Waals surface area contributed by atoms with Crippen LogP contribution in [-0.4, -0.2) is 24.3 Å². The van der Waals surface area contributed by atoms with Crippen molar-refractivity contribution in [2.75, 3.05) is 10.0 Å². The molecule has 0 saturated heterocycles. The van der Waals surface area contributed by atoms with Gasteiger partial charge in [0.05, 0.1) is 5.69 Å². The zero-order chi connectivity index (χ0) is 20.3. The summed E-state index contributed by atoms with van der Waals surface area (Å²) >= 11 is 0. The molecule has 0 aliphatic carbocycles. The summed E-state index contributed by atoms with van der Waals surface area (Å²) in [7, 11) is -4.17. The molecular formula is C18H14F2N4O3S. The van der Waals surface area contributed by atoms with Gasteiger partial charge in [0.2, 0.25) is 5.91 Å². The van der Waals surface area contributed by atoms with Crippen molar-refractivity contribution in [2.45, 2.75) is 11.8 Å². The van der Waals surface area contributed by atoms with Gasteiger partial charge in [-0.05, 0) is 35.9 Å². The number of benzene rings is 1. The predicted molar refractivity (Wildman–Crippen MR) is 98.9 cm³/mol. The van der Waals surface area contributed by atoms with Crippen molar-refractivity contribution in [2.24, 2.45) is 0 Å². The first kappa shape index (κ1) is 19.4. The van der Waals surface area contributed by atoms with Crippen molar-refractivity contribution in [3.05, 3.63) is 66.6 Å². The number of nitrogens with one attached hydrogen (secondary N) is 2. The number of carbonyl (C=O) groups excluding carboxylic acids is 1. The molecule has 0 radical (unpaired) electrons. The van der Waals surface area contributed by atoms with Gasteiger partial charge in [-0.25, -0.2) is 22.2 Å². The van der Waals surface area contributed by atoms with Crippen LogP contribution in [0.4, 0.5) is 20.3 Å². The van der Waals surface area contributed by atoms with Gasteiger partial charge in [-0.2, -0.15) is 0 Å². The van der Waals surface area contributed by atoms with Gasteiger partial charge in [0.25, 0.3) is 10.0 Å². The Bertz CT molecular complexity index is 1150. The van der Waals surface area contributed by atoms with E-state index in [-0.39, 0.29) is 16.5 Å². The monoisotopic (exact) mass is 404 g/mol. The van der Waals surface area contributed by atoms with E-state index in [2.05, 4.69) is 20.0 Å². The molecule has 2 N–H and O–H groups in total. The Morgan fingerprint density at radius 1 is 1.04 bits per heavy atom. The molecule has 3 aromatic rings. The van der Waals surface area contributed by atoms with E-state index in [9.17, 15) is 22.0 Å². The molecule has 0 atom stereocenters. The number of sulfonamides is 1. The van der Waals surface area contributed by atoms with Crippen molar-refractivity contribution >= 4 is 27.4 Å². The van der Waals surface area contributed by atoms with Crippen molar-refractivity contribution in [3.8, 4) is 11.1 Å². The van der Waals surface area contributed by atoms with Crippen molar-refractivity contribution in [1.29, 1.82) is 0 Å². The maximum absolute atomic E-state index is 13.8. The highest BCUT2D eigenvalue weighted by atomic mass is 32.2. The molecule has 3 rings (SSSR count). The van der Waals surface area contributed by atoms with Crippen LogP contribution in [0.15, 0.2) is 59.9 Å². The fourth-order valence-electron chi connectivity index (χ4n) is 2.36. The Morgan fingerprint density at radius 2 is 1.82 bits per heavy atom. The zero-order valence-corrected chi connectivity index (χ0v) is 15.3. The molecule has 0 saturated carbocycles. The second kappa shape index (κ2) is 7.69. The van der Waals surface area contributed by atoms with Gasteiger partial charge in [-0.3, -0.25) is 14.5 Å². The summed E-state index contributed by atoms with van der Waals surface area (Å²) in [5.41, 5.74) is 0.622. The SMILES string of the molecule is CC(=O)Nc1cc(-c2cncc(S(=O)(=O)Nc3ccc(F)cc3F)c2)ccn1. The maximum Gasteiger partial charge on any atom is 0.263 e. The summed E-state index contributed by atoms with van der Waals surface area (Å²) in [5.74, 6) is -1.87. The van der Waals surface area contributed by atoms with Crippen molar-refractivity contribution in [3.63, 3.8) is 0 Å². The molecule has 0 aliphatic heterocycles. The number of amides is 1. The van der Waals surface area contributed by atoms with Crippen LogP contribution in [0.2, 0.25) is 0 Å². The molecular weight excluding hydrogens is 390 g/mol. The number of hydrogen-bond donors (Lipinski definition) is 2. The van der Waals surface area contributed by atoms with E-state index in [0.717, 1.165) is 18.3 Å².